The third-order valence-corrected chi connectivity index (χ3v) is 3.65. The molecule has 0 radical (unpaired) electrons. The van der Waals surface area contributed by atoms with Crippen LogP contribution in [0.25, 0.3) is 0 Å². The maximum atomic E-state index is 13.7. The summed E-state index contributed by atoms with van der Waals surface area (Å²) in [6.45, 7) is 7.07. The van der Waals surface area contributed by atoms with E-state index >= 15 is 0 Å². The summed E-state index contributed by atoms with van der Waals surface area (Å²) in [5.74, 6) is -0.514. The fourth-order valence-corrected chi connectivity index (χ4v) is 1.76. The molecule has 0 aromatic heterocycles. The average molecular weight is 256 g/mol. The molecule has 1 aromatic carbocycles. The normalized spacial score (nSPS) is 14.8. The van der Waals surface area contributed by atoms with Crippen molar-refractivity contribution in [2.45, 2.75) is 32.4 Å². The fourth-order valence-electron chi connectivity index (χ4n) is 1.14. The highest BCUT2D eigenvalue weighted by Crippen LogP contribution is 2.20. The van der Waals surface area contributed by atoms with Crippen molar-refractivity contribution in [3.8, 4) is 0 Å². The van der Waals surface area contributed by atoms with E-state index in [1.807, 2.05) is 20.8 Å². The van der Waals surface area contributed by atoms with Crippen molar-refractivity contribution in [3.05, 3.63) is 29.6 Å². The Labute approximate surface area is 104 Å². The number of hydrogen-bond acceptors (Lipinski definition) is 3. The highest BCUT2D eigenvalue weighted by molar-refractivity contribution is 7.91. The van der Waals surface area contributed by atoms with Gasteiger partial charge in [-0.05, 0) is 39.8 Å². The van der Waals surface area contributed by atoms with Gasteiger partial charge in [0.25, 0.3) is 0 Å². The molecule has 1 aromatic rings. The predicted octanol–water partition coefficient (Wildman–Crippen LogP) is 2.68. The van der Waals surface area contributed by atoms with E-state index in [0.29, 0.717) is 11.3 Å². The summed E-state index contributed by atoms with van der Waals surface area (Å²) in [5.41, 5.74) is 6.22. The number of benzene rings is 1. The van der Waals surface area contributed by atoms with E-state index in [0.717, 1.165) is 0 Å². The number of hydrogen-bond donors (Lipinski definition) is 1. The molecule has 0 aliphatic carbocycles. The van der Waals surface area contributed by atoms with Gasteiger partial charge < -0.3 is 10.3 Å². The minimum atomic E-state index is -1.40. The highest BCUT2D eigenvalue weighted by atomic mass is 32.2. The first-order valence-electron chi connectivity index (χ1n) is 5.25. The van der Waals surface area contributed by atoms with E-state index in [1.54, 1.807) is 19.1 Å². The Morgan fingerprint density at radius 2 is 2.00 bits per heavy atom. The Hall–Kier alpha value is -1.07. The molecule has 0 amide bonds. The molecule has 0 fully saturated rings. The average Bonchev–Trinajstić information content (AvgIpc) is 2.20. The van der Waals surface area contributed by atoms with Crippen LogP contribution in [0.3, 0.4) is 0 Å². The third-order valence-electron chi connectivity index (χ3n) is 2.16. The predicted molar refractivity (Wildman–Crippen MR) is 70.9 cm³/mol. The summed E-state index contributed by atoms with van der Waals surface area (Å²) < 4.78 is 29.1. The zero-order valence-corrected chi connectivity index (χ0v) is 11.3. The van der Waals surface area contributed by atoms with Crippen LogP contribution in [-0.2, 0) is 11.4 Å². The van der Waals surface area contributed by atoms with Gasteiger partial charge in [-0.25, -0.2) is 4.39 Å². The van der Waals surface area contributed by atoms with E-state index in [1.165, 1.54) is 6.07 Å². The molecule has 0 saturated carbocycles. The lowest BCUT2D eigenvalue weighted by Gasteiger charge is -2.18. The quantitative estimate of drug-likeness (QED) is 0.502. The third kappa shape index (κ3) is 3.44. The standard InChI is InChI=1S/C12H17FN2OS/c1-8(15-17(16)12(2,3)4)9-6-5-7-10(14)11(9)13/h5-7H,14H2,1-4H3/b15-8+/t17-/m1/s1. The van der Waals surface area contributed by atoms with Gasteiger partial charge in [0.2, 0.25) is 0 Å². The summed E-state index contributed by atoms with van der Waals surface area (Å²) in [6.07, 6.45) is 0. The van der Waals surface area contributed by atoms with Crippen LogP contribution in [0.5, 0.6) is 0 Å². The van der Waals surface area contributed by atoms with Crippen molar-refractivity contribution in [1.82, 2.24) is 0 Å². The largest absolute Gasteiger partial charge is 0.591 e. The molecule has 0 aliphatic rings. The van der Waals surface area contributed by atoms with Crippen molar-refractivity contribution in [2.24, 2.45) is 4.40 Å². The molecule has 17 heavy (non-hydrogen) atoms. The molecule has 0 spiro atoms. The van der Waals surface area contributed by atoms with Gasteiger partial charge in [0.05, 0.1) is 11.4 Å². The Kier molecular flexibility index (Phi) is 4.16. The Morgan fingerprint density at radius 1 is 1.41 bits per heavy atom. The molecule has 1 atom stereocenters. The summed E-state index contributed by atoms with van der Waals surface area (Å²) in [4.78, 5) is 0. The SMILES string of the molecule is C/C(=N\[S@+]([O-])C(C)(C)C)c1cccc(N)c1F. The summed E-state index contributed by atoms with van der Waals surface area (Å²) in [5, 5.41) is 0. The lowest BCUT2D eigenvalue weighted by molar-refractivity contribution is 0.561. The van der Waals surface area contributed by atoms with Gasteiger partial charge in [-0.15, -0.1) is 0 Å². The van der Waals surface area contributed by atoms with Crippen molar-refractivity contribution in [2.75, 3.05) is 5.73 Å². The smallest absolute Gasteiger partial charge is 0.155 e. The van der Waals surface area contributed by atoms with Gasteiger partial charge in [0.1, 0.15) is 16.1 Å². The molecular formula is C12H17FN2OS. The molecule has 2 N–H and O–H groups in total. The van der Waals surface area contributed by atoms with Crippen molar-refractivity contribution < 1.29 is 8.94 Å². The molecule has 0 unspecified atom stereocenters. The van der Waals surface area contributed by atoms with E-state index in [4.69, 9.17) is 5.73 Å². The number of nitrogens with zero attached hydrogens (tertiary/aromatic N) is 1. The minimum Gasteiger partial charge on any atom is -0.591 e. The summed E-state index contributed by atoms with van der Waals surface area (Å²) in [7, 11) is 0. The van der Waals surface area contributed by atoms with Crippen molar-refractivity contribution in [3.63, 3.8) is 0 Å². The van der Waals surface area contributed by atoms with E-state index < -0.39 is 21.9 Å². The van der Waals surface area contributed by atoms with E-state index in [-0.39, 0.29) is 5.69 Å². The van der Waals surface area contributed by atoms with Crippen LogP contribution < -0.4 is 5.73 Å². The van der Waals surface area contributed by atoms with Crippen LogP contribution in [0.15, 0.2) is 22.6 Å². The fraction of sp³-hybridized carbons (Fsp3) is 0.417. The molecule has 5 heteroatoms. The number of nitrogen functional groups attached to an aromatic ring is 1. The Balaban J connectivity index is 3.09. The Morgan fingerprint density at radius 3 is 2.53 bits per heavy atom. The summed E-state index contributed by atoms with van der Waals surface area (Å²) >= 11 is -1.40. The zero-order chi connectivity index (χ0) is 13.2. The number of nitrogens with two attached hydrogens (primary N) is 1. The van der Waals surface area contributed by atoms with Crippen LogP contribution in [0.4, 0.5) is 10.1 Å². The van der Waals surface area contributed by atoms with Crippen molar-refractivity contribution in [1.29, 1.82) is 0 Å². The van der Waals surface area contributed by atoms with Crippen LogP contribution in [0, 0.1) is 5.82 Å². The first kappa shape index (κ1) is 14.0. The lowest BCUT2D eigenvalue weighted by atomic mass is 10.1. The molecule has 0 aliphatic heterocycles. The molecule has 1 rings (SSSR count). The number of rotatable bonds is 2. The highest BCUT2D eigenvalue weighted by Gasteiger charge is 2.27. The molecule has 0 bridgehead atoms. The zero-order valence-electron chi connectivity index (χ0n) is 10.5. The maximum absolute atomic E-state index is 13.7. The molecule has 0 heterocycles. The lowest BCUT2D eigenvalue weighted by Crippen LogP contribution is -2.26. The monoisotopic (exact) mass is 256 g/mol. The Bertz CT molecular complexity index is 441. The topological polar surface area (TPSA) is 61.4 Å². The summed E-state index contributed by atoms with van der Waals surface area (Å²) in [6, 6.07) is 4.70. The van der Waals surface area contributed by atoms with E-state index in [9.17, 15) is 8.94 Å². The maximum Gasteiger partial charge on any atom is 0.155 e. The second-order valence-corrected chi connectivity index (χ2v) is 6.65. The van der Waals surface area contributed by atoms with Gasteiger partial charge in [0, 0.05) is 5.56 Å². The molecule has 94 valence electrons. The minimum absolute atomic E-state index is 0.0681. The van der Waals surface area contributed by atoms with Gasteiger partial charge >= 0.3 is 0 Å². The molecule has 3 nitrogen and oxygen atoms in total. The van der Waals surface area contributed by atoms with Gasteiger partial charge in [0.15, 0.2) is 5.82 Å². The first-order chi connectivity index (χ1) is 7.73. The molecule has 0 saturated heterocycles. The van der Waals surface area contributed by atoms with Crippen LogP contribution in [0.1, 0.15) is 33.3 Å². The first-order valence-corrected chi connectivity index (χ1v) is 6.36. The number of halogens is 1. The van der Waals surface area contributed by atoms with Gasteiger partial charge in [-0.2, -0.15) is 0 Å². The second kappa shape index (κ2) is 5.06. The van der Waals surface area contributed by atoms with Crippen LogP contribution in [0.2, 0.25) is 0 Å². The number of anilines is 1. The van der Waals surface area contributed by atoms with Crippen molar-refractivity contribution >= 4 is 22.8 Å². The van der Waals surface area contributed by atoms with Crippen LogP contribution >= 0.6 is 0 Å². The second-order valence-electron chi connectivity index (χ2n) is 4.75. The van der Waals surface area contributed by atoms with Gasteiger partial charge in [-0.3, -0.25) is 0 Å². The van der Waals surface area contributed by atoms with E-state index in [2.05, 4.69) is 4.40 Å². The van der Waals surface area contributed by atoms with Gasteiger partial charge in [-0.1, -0.05) is 10.5 Å². The molecular weight excluding hydrogens is 239 g/mol. The van der Waals surface area contributed by atoms with Crippen LogP contribution in [-0.4, -0.2) is 15.0 Å².